The van der Waals surface area contributed by atoms with Crippen molar-refractivity contribution < 1.29 is 8.42 Å². The molecule has 86 valence electrons. The van der Waals surface area contributed by atoms with Crippen molar-refractivity contribution >= 4 is 32.5 Å². The predicted molar refractivity (Wildman–Crippen MR) is 64.7 cm³/mol. The summed E-state index contributed by atoms with van der Waals surface area (Å²) in [5, 5.41) is 6.52. The Kier molecular flexibility index (Phi) is 2.69. The van der Waals surface area contributed by atoms with E-state index in [0.29, 0.717) is 10.6 Å². The van der Waals surface area contributed by atoms with Gasteiger partial charge in [0, 0.05) is 29.2 Å². The molecular formula is C10H11ClN2O2S. The molecule has 6 heteroatoms. The lowest BCUT2D eigenvalue weighted by molar-refractivity contribution is 0.597. The quantitative estimate of drug-likeness (QED) is 0.890. The second kappa shape index (κ2) is 3.76. The van der Waals surface area contributed by atoms with Crippen molar-refractivity contribution in [2.75, 3.05) is 0 Å². The molecule has 4 nitrogen and oxygen atoms in total. The number of aryl methyl sites for hydroxylation is 1. The molecule has 0 aliphatic carbocycles. The summed E-state index contributed by atoms with van der Waals surface area (Å²) >= 11 is 5.88. The maximum atomic E-state index is 11.1. The molecule has 0 radical (unpaired) electrons. The molecule has 0 aliphatic rings. The normalized spacial score (nSPS) is 12.2. The van der Waals surface area contributed by atoms with E-state index < -0.39 is 10.0 Å². The third kappa shape index (κ3) is 2.21. The van der Waals surface area contributed by atoms with E-state index >= 15 is 0 Å². The van der Waals surface area contributed by atoms with E-state index in [4.69, 9.17) is 16.7 Å². The summed E-state index contributed by atoms with van der Waals surface area (Å²) < 4.78 is 24.0. The first-order valence-electron chi connectivity index (χ1n) is 4.61. The van der Waals surface area contributed by atoms with Gasteiger partial charge in [0.25, 0.3) is 0 Å². The average molecular weight is 259 g/mol. The van der Waals surface area contributed by atoms with Gasteiger partial charge in [-0.25, -0.2) is 13.6 Å². The van der Waals surface area contributed by atoms with E-state index in [1.165, 1.54) is 0 Å². The molecule has 1 aromatic carbocycles. The highest BCUT2D eigenvalue weighted by Crippen LogP contribution is 2.24. The van der Waals surface area contributed by atoms with Crippen LogP contribution in [-0.4, -0.2) is 13.0 Å². The van der Waals surface area contributed by atoms with Gasteiger partial charge in [0.05, 0.1) is 5.75 Å². The van der Waals surface area contributed by atoms with E-state index in [1.807, 2.05) is 11.6 Å². The highest BCUT2D eigenvalue weighted by atomic mass is 35.5. The molecule has 0 amide bonds. The largest absolute Gasteiger partial charge is 0.350 e. The van der Waals surface area contributed by atoms with Crippen molar-refractivity contribution in [3.05, 3.63) is 35.0 Å². The van der Waals surface area contributed by atoms with Crippen molar-refractivity contribution in [1.29, 1.82) is 0 Å². The number of halogens is 1. The van der Waals surface area contributed by atoms with Gasteiger partial charge in [-0.15, -0.1) is 0 Å². The maximum absolute atomic E-state index is 11.1. The zero-order valence-electron chi connectivity index (χ0n) is 8.64. The summed E-state index contributed by atoms with van der Waals surface area (Å²) in [4.78, 5) is 0. The Balaban J connectivity index is 2.64. The highest BCUT2D eigenvalue weighted by molar-refractivity contribution is 7.88. The predicted octanol–water partition coefficient (Wildman–Crippen LogP) is 1.62. The number of benzene rings is 1. The van der Waals surface area contributed by atoms with Crippen LogP contribution in [0.1, 0.15) is 5.56 Å². The first kappa shape index (κ1) is 11.4. The van der Waals surface area contributed by atoms with Crippen molar-refractivity contribution in [3.8, 4) is 0 Å². The topological polar surface area (TPSA) is 65.1 Å². The Bertz CT molecular complexity index is 646. The van der Waals surface area contributed by atoms with Gasteiger partial charge in [-0.1, -0.05) is 17.7 Å². The van der Waals surface area contributed by atoms with Crippen LogP contribution in [-0.2, 0) is 22.8 Å². The zero-order valence-corrected chi connectivity index (χ0v) is 10.2. The lowest BCUT2D eigenvalue weighted by Gasteiger charge is -1.97. The standard InChI is InChI=1S/C10H11ClN2O2S/c1-13-5-7(6-16(12,14)15)9-3-2-8(11)4-10(9)13/h2-5H,6H2,1H3,(H2,12,14,15). The number of nitrogens with two attached hydrogens (primary N) is 1. The summed E-state index contributed by atoms with van der Waals surface area (Å²) in [5.41, 5.74) is 1.59. The lowest BCUT2D eigenvalue weighted by Crippen LogP contribution is -2.14. The van der Waals surface area contributed by atoms with Crippen LogP contribution in [0.2, 0.25) is 5.02 Å². The summed E-state index contributed by atoms with van der Waals surface area (Å²) in [6, 6.07) is 5.33. The summed E-state index contributed by atoms with van der Waals surface area (Å²) in [5.74, 6) is -0.161. The molecule has 16 heavy (non-hydrogen) atoms. The Hall–Kier alpha value is -1.04. The Labute approximate surface area is 98.7 Å². The Morgan fingerprint density at radius 2 is 2.12 bits per heavy atom. The van der Waals surface area contributed by atoms with E-state index in [9.17, 15) is 8.42 Å². The first-order chi connectivity index (χ1) is 7.37. The van der Waals surface area contributed by atoms with Crippen LogP contribution in [0.25, 0.3) is 10.9 Å². The number of rotatable bonds is 2. The third-order valence-corrected chi connectivity index (χ3v) is 3.34. The van der Waals surface area contributed by atoms with Gasteiger partial charge in [-0.2, -0.15) is 0 Å². The molecule has 0 saturated carbocycles. The second-order valence-electron chi connectivity index (χ2n) is 3.73. The van der Waals surface area contributed by atoms with Gasteiger partial charge < -0.3 is 4.57 Å². The van der Waals surface area contributed by atoms with Crippen LogP contribution in [0.15, 0.2) is 24.4 Å². The van der Waals surface area contributed by atoms with Gasteiger partial charge in [0.1, 0.15) is 0 Å². The third-order valence-electron chi connectivity index (χ3n) is 2.39. The first-order valence-corrected chi connectivity index (χ1v) is 6.70. The minimum absolute atomic E-state index is 0.161. The van der Waals surface area contributed by atoms with Crippen LogP contribution in [0.3, 0.4) is 0 Å². The Morgan fingerprint density at radius 3 is 2.75 bits per heavy atom. The van der Waals surface area contributed by atoms with E-state index in [-0.39, 0.29) is 5.75 Å². The number of fused-ring (bicyclic) bond motifs is 1. The van der Waals surface area contributed by atoms with Gasteiger partial charge in [0.15, 0.2) is 0 Å². The van der Waals surface area contributed by atoms with Gasteiger partial charge in [0.2, 0.25) is 10.0 Å². The Morgan fingerprint density at radius 1 is 1.44 bits per heavy atom. The van der Waals surface area contributed by atoms with E-state index in [0.717, 1.165) is 10.9 Å². The fraction of sp³-hybridized carbons (Fsp3) is 0.200. The van der Waals surface area contributed by atoms with Gasteiger partial charge in [-0.05, 0) is 17.7 Å². The average Bonchev–Trinajstić information content (AvgIpc) is 2.40. The van der Waals surface area contributed by atoms with Gasteiger partial charge in [-0.3, -0.25) is 0 Å². The molecule has 0 bridgehead atoms. The summed E-state index contributed by atoms with van der Waals surface area (Å²) in [7, 11) is -1.67. The number of hydrogen-bond donors (Lipinski definition) is 1. The zero-order chi connectivity index (χ0) is 11.9. The molecule has 0 fully saturated rings. The van der Waals surface area contributed by atoms with Crippen molar-refractivity contribution in [1.82, 2.24) is 4.57 Å². The lowest BCUT2D eigenvalue weighted by atomic mass is 10.2. The minimum atomic E-state index is -3.51. The molecule has 2 rings (SSSR count). The molecule has 1 aromatic heterocycles. The molecule has 2 N–H and O–H groups in total. The highest BCUT2D eigenvalue weighted by Gasteiger charge is 2.12. The van der Waals surface area contributed by atoms with Crippen LogP contribution in [0.4, 0.5) is 0 Å². The maximum Gasteiger partial charge on any atom is 0.213 e. The number of nitrogens with zero attached hydrogens (tertiary/aromatic N) is 1. The van der Waals surface area contributed by atoms with E-state index in [1.54, 1.807) is 24.4 Å². The molecule has 2 aromatic rings. The minimum Gasteiger partial charge on any atom is -0.350 e. The fourth-order valence-electron chi connectivity index (χ4n) is 1.77. The van der Waals surface area contributed by atoms with Crippen molar-refractivity contribution in [3.63, 3.8) is 0 Å². The summed E-state index contributed by atoms with van der Waals surface area (Å²) in [6.07, 6.45) is 1.76. The molecule has 0 atom stereocenters. The van der Waals surface area contributed by atoms with Crippen molar-refractivity contribution in [2.24, 2.45) is 12.2 Å². The van der Waals surface area contributed by atoms with Gasteiger partial charge >= 0.3 is 0 Å². The molecule has 1 heterocycles. The van der Waals surface area contributed by atoms with Crippen LogP contribution in [0.5, 0.6) is 0 Å². The molecule has 0 unspecified atom stereocenters. The number of aromatic nitrogens is 1. The van der Waals surface area contributed by atoms with Crippen LogP contribution < -0.4 is 5.14 Å². The molecular weight excluding hydrogens is 248 g/mol. The second-order valence-corrected chi connectivity index (χ2v) is 5.78. The number of primary sulfonamides is 1. The number of sulfonamides is 1. The van der Waals surface area contributed by atoms with Crippen molar-refractivity contribution in [2.45, 2.75) is 5.75 Å². The van der Waals surface area contributed by atoms with E-state index in [2.05, 4.69) is 0 Å². The monoisotopic (exact) mass is 258 g/mol. The SMILES string of the molecule is Cn1cc(CS(N)(=O)=O)c2ccc(Cl)cc21. The fourth-order valence-corrected chi connectivity index (χ4v) is 2.60. The van der Waals surface area contributed by atoms with Crippen LogP contribution in [0, 0.1) is 0 Å². The smallest absolute Gasteiger partial charge is 0.213 e. The number of hydrogen-bond acceptors (Lipinski definition) is 2. The summed E-state index contributed by atoms with van der Waals surface area (Å²) in [6.45, 7) is 0. The molecule has 0 spiro atoms. The van der Waals surface area contributed by atoms with Crippen LogP contribution >= 0.6 is 11.6 Å². The molecule has 0 aliphatic heterocycles. The molecule has 0 saturated heterocycles.